The van der Waals surface area contributed by atoms with E-state index in [0.29, 0.717) is 6.54 Å². The second-order valence-corrected chi connectivity index (χ2v) is 7.77. The number of hydrogen-bond acceptors (Lipinski definition) is 4. The molecular weight excluding hydrogens is 527 g/mol. The number of methoxy groups -OCH3 is 1. The second-order valence-electron chi connectivity index (χ2n) is 7.77. The number of benzene rings is 2. The topological polar surface area (TPSA) is 76.4 Å². The third kappa shape index (κ3) is 8.03. The van der Waals surface area contributed by atoms with Gasteiger partial charge in [-0.05, 0) is 49.1 Å². The van der Waals surface area contributed by atoms with Crippen molar-refractivity contribution in [3.05, 3.63) is 77.4 Å². The molecule has 1 unspecified atom stereocenters. The highest BCUT2D eigenvalue weighted by Crippen LogP contribution is 2.16. The number of nitrogens with one attached hydrogen (secondary N) is 2. The van der Waals surface area contributed by atoms with Gasteiger partial charge in [-0.1, -0.05) is 43.3 Å². The summed E-state index contributed by atoms with van der Waals surface area (Å²) in [5.41, 5.74) is 3.77. The molecule has 2 N–H and O–H groups in total. The Kier molecular flexibility index (Phi) is 11.2. The van der Waals surface area contributed by atoms with E-state index in [1.165, 1.54) is 16.7 Å². The molecule has 0 radical (unpaired) electrons. The van der Waals surface area contributed by atoms with Gasteiger partial charge in [0.1, 0.15) is 17.9 Å². The summed E-state index contributed by atoms with van der Waals surface area (Å²) in [5, 5.41) is 15.2. The molecule has 33 heavy (non-hydrogen) atoms. The van der Waals surface area contributed by atoms with Crippen LogP contribution in [0.1, 0.15) is 42.4 Å². The van der Waals surface area contributed by atoms with Gasteiger partial charge in [0.15, 0.2) is 5.96 Å². The number of rotatable bonds is 10. The fourth-order valence-electron chi connectivity index (χ4n) is 3.63. The van der Waals surface area contributed by atoms with Crippen LogP contribution in [0.5, 0.6) is 5.75 Å². The number of hydrogen-bond donors (Lipinski definition) is 2. The van der Waals surface area contributed by atoms with Crippen LogP contribution in [0.15, 0.2) is 59.9 Å². The lowest BCUT2D eigenvalue weighted by atomic mass is 10.0. The van der Waals surface area contributed by atoms with Crippen molar-refractivity contribution in [1.82, 2.24) is 25.4 Å². The Balaban J connectivity index is 0.00000385. The number of guanidine groups is 1. The van der Waals surface area contributed by atoms with Gasteiger partial charge in [-0.3, -0.25) is 4.99 Å². The lowest BCUT2D eigenvalue weighted by molar-refractivity contribution is 0.414. The summed E-state index contributed by atoms with van der Waals surface area (Å²) in [6.07, 6.45) is 3.51. The van der Waals surface area contributed by atoms with Crippen molar-refractivity contribution < 1.29 is 4.74 Å². The maximum atomic E-state index is 5.24. The molecule has 0 bridgehead atoms. The van der Waals surface area contributed by atoms with Gasteiger partial charge in [0.2, 0.25) is 0 Å². The molecule has 0 aliphatic heterocycles. The lowest BCUT2D eigenvalue weighted by Gasteiger charge is -2.20. The molecule has 3 rings (SSSR count). The zero-order chi connectivity index (χ0) is 22.8. The normalized spacial score (nSPS) is 12.1. The molecule has 0 saturated heterocycles. The molecular formula is C25H35IN6O. The Hall–Kier alpha value is -2.62. The first-order valence-electron chi connectivity index (χ1n) is 11.2. The van der Waals surface area contributed by atoms with E-state index in [4.69, 9.17) is 9.73 Å². The van der Waals surface area contributed by atoms with Crippen LogP contribution in [0.2, 0.25) is 0 Å². The molecule has 0 fully saturated rings. The maximum absolute atomic E-state index is 5.24. The van der Waals surface area contributed by atoms with E-state index in [9.17, 15) is 0 Å². The Morgan fingerprint density at radius 3 is 2.61 bits per heavy atom. The van der Waals surface area contributed by atoms with Crippen LogP contribution in [0, 0.1) is 6.92 Å². The van der Waals surface area contributed by atoms with E-state index >= 15 is 0 Å². The molecule has 178 valence electrons. The third-order valence-electron chi connectivity index (χ3n) is 5.49. The van der Waals surface area contributed by atoms with Crippen molar-refractivity contribution in [3.63, 3.8) is 0 Å². The van der Waals surface area contributed by atoms with Crippen molar-refractivity contribution in [3.8, 4) is 5.75 Å². The molecule has 7 nitrogen and oxygen atoms in total. The summed E-state index contributed by atoms with van der Waals surface area (Å²) in [6.45, 7) is 8.60. The molecule has 0 amide bonds. The van der Waals surface area contributed by atoms with Crippen LogP contribution >= 0.6 is 24.0 Å². The van der Waals surface area contributed by atoms with Gasteiger partial charge < -0.3 is 19.9 Å². The minimum atomic E-state index is 0. The zero-order valence-electron chi connectivity index (χ0n) is 19.9. The summed E-state index contributed by atoms with van der Waals surface area (Å²) in [6, 6.07) is 16.7. The van der Waals surface area contributed by atoms with Crippen LogP contribution in [0.25, 0.3) is 0 Å². The number of aryl methyl sites for hydroxylation is 2. The first-order valence-corrected chi connectivity index (χ1v) is 11.2. The molecule has 1 aromatic heterocycles. The first kappa shape index (κ1) is 26.6. The Morgan fingerprint density at radius 2 is 1.91 bits per heavy atom. The minimum Gasteiger partial charge on any atom is -0.497 e. The van der Waals surface area contributed by atoms with Gasteiger partial charge in [0.25, 0.3) is 0 Å². The van der Waals surface area contributed by atoms with Gasteiger partial charge in [0.05, 0.1) is 13.2 Å². The van der Waals surface area contributed by atoms with Crippen molar-refractivity contribution in [2.24, 2.45) is 4.99 Å². The molecule has 2 aromatic carbocycles. The zero-order valence-corrected chi connectivity index (χ0v) is 22.2. The molecule has 0 spiro atoms. The molecule has 1 heterocycles. The van der Waals surface area contributed by atoms with Gasteiger partial charge in [-0.25, -0.2) is 0 Å². The Morgan fingerprint density at radius 1 is 1.15 bits per heavy atom. The van der Waals surface area contributed by atoms with Gasteiger partial charge in [-0.2, -0.15) is 0 Å². The highest BCUT2D eigenvalue weighted by atomic mass is 127. The van der Waals surface area contributed by atoms with Gasteiger partial charge in [-0.15, -0.1) is 34.2 Å². The molecule has 0 aliphatic rings. The molecule has 1 atom stereocenters. The fraction of sp³-hybridized carbons (Fsp3) is 0.400. The predicted molar refractivity (Wildman–Crippen MR) is 145 cm³/mol. The second kappa shape index (κ2) is 13.8. The van der Waals surface area contributed by atoms with Crippen LogP contribution < -0.4 is 15.4 Å². The van der Waals surface area contributed by atoms with Crippen LogP contribution in [-0.2, 0) is 19.4 Å². The molecule has 0 saturated carbocycles. The van der Waals surface area contributed by atoms with E-state index < -0.39 is 0 Å². The van der Waals surface area contributed by atoms with Crippen LogP contribution in [0.4, 0.5) is 0 Å². The average molecular weight is 563 g/mol. The number of nitrogens with zero attached hydrogens (tertiary/aromatic N) is 4. The summed E-state index contributed by atoms with van der Waals surface area (Å²) in [5.74, 6) is 2.67. The predicted octanol–water partition coefficient (Wildman–Crippen LogP) is 4.31. The highest BCUT2D eigenvalue weighted by molar-refractivity contribution is 14.0. The summed E-state index contributed by atoms with van der Waals surface area (Å²) in [7, 11) is 1.68. The van der Waals surface area contributed by atoms with Crippen molar-refractivity contribution in [1.29, 1.82) is 0 Å². The van der Waals surface area contributed by atoms with Crippen molar-refractivity contribution in [2.45, 2.75) is 46.2 Å². The van der Waals surface area contributed by atoms with Crippen molar-refractivity contribution >= 4 is 29.9 Å². The largest absolute Gasteiger partial charge is 0.497 e. The monoisotopic (exact) mass is 562 g/mol. The number of halogens is 1. The minimum absolute atomic E-state index is 0. The molecule has 0 aliphatic carbocycles. The lowest BCUT2D eigenvalue weighted by Crippen LogP contribution is -2.40. The Bertz CT molecular complexity index is 1000. The van der Waals surface area contributed by atoms with Gasteiger partial charge in [0, 0.05) is 26.1 Å². The summed E-state index contributed by atoms with van der Waals surface area (Å²) >= 11 is 0. The number of ether oxygens (including phenoxy) is 1. The smallest absolute Gasteiger partial charge is 0.191 e. The highest BCUT2D eigenvalue weighted by Gasteiger charge is 2.10. The van der Waals surface area contributed by atoms with Crippen LogP contribution in [0.3, 0.4) is 0 Å². The maximum Gasteiger partial charge on any atom is 0.191 e. The quantitative estimate of drug-likeness (QED) is 0.219. The fourth-order valence-corrected chi connectivity index (χ4v) is 3.63. The number of aliphatic imine (C=N–C) groups is 1. The molecule has 3 aromatic rings. The van der Waals surface area contributed by atoms with E-state index in [1.807, 2.05) is 12.1 Å². The van der Waals surface area contributed by atoms with E-state index in [-0.39, 0.29) is 30.0 Å². The molecule has 8 heteroatoms. The van der Waals surface area contributed by atoms with Crippen LogP contribution in [-0.4, -0.2) is 40.9 Å². The summed E-state index contributed by atoms with van der Waals surface area (Å²) in [4.78, 5) is 4.84. The average Bonchev–Trinajstić information content (AvgIpc) is 3.27. The first-order chi connectivity index (χ1) is 15.6. The van der Waals surface area contributed by atoms with E-state index in [2.05, 4.69) is 82.6 Å². The third-order valence-corrected chi connectivity index (χ3v) is 5.49. The van der Waals surface area contributed by atoms with Gasteiger partial charge >= 0.3 is 0 Å². The van der Waals surface area contributed by atoms with Crippen molar-refractivity contribution in [2.75, 3.05) is 20.2 Å². The van der Waals surface area contributed by atoms with E-state index in [0.717, 1.165) is 43.5 Å². The SMILES string of the molecule is CCc1nncn1CCNC(=NCCc1ccc(OC)cc1)NC(C)c1ccccc1C.I. The summed E-state index contributed by atoms with van der Waals surface area (Å²) < 4.78 is 7.32. The number of aromatic nitrogens is 3. The standard InChI is InChI=1S/C25H34N6O.HI/c1-5-24-30-28-18-31(24)17-16-27-25(29-20(3)23-9-7-6-8-19(23)2)26-15-14-21-10-12-22(32-4)13-11-21;/h6-13,18,20H,5,14-17H2,1-4H3,(H2,26,27,29);1H. The van der Waals surface area contributed by atoms with E-state index in [1.54, 1.807) is 13.4 Å². The Labute approximate surface area is 214 Å².